The lowest BCUT2D eigenvalue weighted by Gasteiger charge is -2.09. The summed E-state index contributed by atoms with van der Waals surface area (Å²) in [7, 11) is 0. The van der Waals surface area contributed by atoms with Crippen LogP contribution >= 0.6 is 11.3 Å². The summed E-state index contributed by atoms with van der Waals surface area (Å²) in [6.07, 6.45) is -1.76. The van der Waals surface area contributed by atoms with Crippen molar-refractivity contribution in [1.29, 1.82) is 0 Å². The number of nitrogens with zero attached hydrogens (tertiary/aromatic N) is 1. The van der Waals surface area contributed by atoms with E-state index in [1.807, 2.05) is 0 Å². The highest BCUT2D eigenvalue weighted by Crippen LogP contribution is 2.43. The number of hydrogen-bond donors (Lipinski definition) is 1. The van der Waals surface area contributed by atoms with Gasteiger partial charge in [-0.3, -0.25) is 0 Å². The Morgan fingerprint density at radius 2 is 1.90 bits per heavy atom. The second-order valence-corrected chi connectivity index (χ2v) is 6.12. The summed E-state index contributed by atoms with van der Waals surface area (Å²) < 4.78 is 40.1. The van der Waals surface area contributed by atoms with Crippen LogP contribution in [0.2, 0.25) is 0 Å². The number of anilines is 1. The van der Waals surface area contributed by atoms with E-state index < -0.39 is 6.36 Å². The van der Waals surface area contributed by atoms with Gasteiger partial charge in [-0.05, 0) is 30.5 Å². The molecule has 0 radical (unpaired) electrons. The molecule has 112 valence electrons. The molecule has 1 heterocycles. The van der Waals surface area contributed by atoms with Gasteiger partial charge in [0.15, 0.2) is 5.13 Å². The average Bonchev–Trinajstić information content (AvgIpc) is 3.15. The maximum atomic E-state index is 12.1. The third kappa shape index (κ3) is 3.66. The highest BCUT2D eigenvalue weighted by Gasteiger charge is 2.31. The number of halogens is 3. The van der Waals surface area contributed by atoms with Crippen molar-refractivity contribution in [3.05, 3.63) is 40.4 Å². The van der Waals surface area contributed by atoms with Crippen LogP contribution in [0.1, 0.15) is 34.9 Å². The molecule has 3 rings (SSSR count). The van der Waals surface area contributed by atoms with Crippen LogP contribution < -0.4 is 10.5 Å². The first-order chi connectivity index (χ1) is 9.90. The van der Waals surface area contributed by atoms with Crippen LogP contribution in [0.15, 0.2) is 24.3 Å². The van der Waals surface area contributed by atoms with Crippen molar-refractivity contribution in [2.24, 2.45) is 0 Å². The number of ether oxygens (including phenoxy) is 1. The number of aromatic nitrogens is 1. The second-order valence-electron chi connectivity index (χ2n) is 5.00. The van der Waals surface area contributed by atoms with Crippen LogP contribution in [0.3, 0.4) is 0 Å². The van der Waals surface area contributed by atoms with E-state index in [1.165, 1.54) is 23.5 Å². The molecule has 1 aromatic heterocycles. The molecule has 1 aliphatic rings. The fourth-order valence-electron chi connectivity index (χ4n) is 2.18. The summed E-state index contributed by atoms with van der Waals surface area (Å²) in [6, 6.07) is 5.91. The predicted molar refractivity (Wildman–Crippen MR) is 74.4 cm³/mol. The van der Waals surface area contributed by atoms with Gasteiger partial charge in [0, 0.05) is 17.2 Å². The van der Waals surface area contributed by atoms with Crippen molar-refractivity contribution >= 4 is 16.5 Å². The third-order valence-electron chi connectivity index (χ3n) is 3.23. The van der Waals surface area contributed by atoms with Gasteiger partial charge in [0.05, 0.1) is 5.69 Å². The number of hydrogen-bond acceptors (Lipinski definition) is 4. The first kappa shape index (κ1) is 14.2. The maximum Gasteiger partial charge on any atom is 0.573 e. The number of benzene rings is 1. The first-order valence-electron chi connectivity index (χ1n) is 6.50. The molecule has 0 unspecified atom stereocenters. The quantitative estimate of drug-likeness (QED) is 0.924. The van der Waals surface area contributed by atoms with Gasteiger partial charge in [-0.2, -0.15) is 0 Å². The summed E-state index contributed by atoms with van der Waals surface area (Å²) in [5, 5.41) is 0.545. The van der Waals surface area contributed by atoms with Gasteiger partial charge >= 0.3 is 6.36 Å². The second kappa shape index (κ2) is 5.22. The lowest BCUT2D eigenvalue weighted by molar-refractivity contribution is -0.274. The van der Waals surface area contributed by atoms with Gasteiger partial charge in [0.2, 0.25) is 0 Å². The van der Waals surface area contributed by atoms with E-state index in [0.717, 1.165) is 29.0 Å². The molecule has 1 aromatic carbocycles. The van der Waals surface area contributed by atoms with E-state index in [2.05, 4.69) is 9.72 Å². The lowest BCUT2D eigenvalue weighted by atomic mass is 10.1. The molecule has 1 aliphatic carbocycles. The van der Waals surface area contributed by atoms with E-state index in [0.29, 0.717) is 17.5 Å². The van der Waals surface area contributed by atoms with E-state index in [-0.39, 0.29) is 5.75 Å². The summed E-state index contributed by atoms with van der Waals surface area (Å²) in [5.74, 6) is 0.291. The average molecular weight is 314 g/mol. The zero-order chi connectivity index (χ0) is 15.0. The molecule has 0 amide bonds. The maximum absolute atomic E-state index is 12.1. The number of nitrogens with two attached hydrogens (primary N) is 1. The SMILES string of the molecule is Nc1nc(C2CC2)c(Cc2ccc(OC(F)(F)F)cc2)s1. The molecule has 0 saturated heterocycles. The van der Waals surface area contributed by atoms with Crippen molar-refractivity contribution in [1.82, 2.24) is 4.98 Å². The Morgan fingerprint density at radius 3 is 2.48 bits per heavy atom. The van der Waals surface area contributed by atoms with Crippen LogP contribution in [-0.4, -0.2) is 11.3 Å². The van der Waals surface area contributed by atoms with Crippen molar-refractivity contribution in [3.8, 4) is 5.75 Å². The zero-order valence-electron chi connectivity index (χ0n) is 11.0. The Bertz CT molecular complexity index is 633. The summed E-state index contributed by atoms with van der Waals surface area (Å²) in [4.78, 5) is 5.45. The molecule has 7 heteroatoms. The molecule has 0 bridgehead atoms. The highest BCUT2D eigenvalue weighted by atomic mass is 32.1. The first-order valence-corrected chi connectivity index (χ1v) is 7.32. The molecular weight excluding hydrogens is 301 g/mol. The van der Waals surface area contributed by atoms with Crippen LogP contribution in [-0.2, 0) is 6.42 Å². The minimum atomic E-state index is -4.66. The molecule has 21 heavy (non-hydrogen) atoms. The Kier molecular flexibility index (Phi) is 3.52. The Labute approximate surface area is 123 Å². The molecule has 1 fully saturated rings. The predicted octanol–water partition coefficient (Wildman–Crippen LogP) is 4.09. The molecular formula is C14H13F3N2OS. The van der Waals surface area contributed by atoms with Gasteiger partial charge in [-0.15, -0.1) is 24.5 Å². The number of alkyl halides is 3. The van der Waals surface area contributed by atoms with Crippen LogP contribution in [0.5, 0.6) is 5.75 Å². The lowest BCUT2D eigenvalue weighted by Crippen LogP contribution is -2.17. The molecule has 3 nitrogen and oxygen atoms in total. The Morgan fingerprint density at radius 1 is 1.24 bits per heavy atom. The molecule has 2 aromatic rings. The van der Waals surface area contributed by atoms with Crippen LogP contribution in [0.25, 0.3) is 0 Å². The molecule has 0 spiro atoms. The van der Waals surface area contributed by atoms with Gasteiger partial charge < -0.3 is 10.5 Å². The fourth-order valence-corrected chi connectivity index (χ4v) is 3.13. The normalized spacial score (nSPS) is 15.2. The third-order valence-corrected chi connectivity index (χ3v) is 4.13. The highest BCUT2D eigenvalue weighted by molar-refractivity contribution is 7.15. The van der Waals surface area contributed by atoms with Crippen molar-refractivity contribution in [2.45, 2.75) is 31.5 Å². The van der Waals surface area contributed by atoms with Gasteiger partial charge in [0.25, 0.3) is 0 Å². The van der Waals surface area contributed by atoms with Gasteiger partial charge in [-0.1, -0.05) is 12.1 Å². The van der Waals surface area contributed by atoms with E-state index in [9.17, 15) is 13.2 Å². The fraction of sp³-hybridized carbons (Fsp3) is 0.357. The molecule has 0 atom stereocenters. The van der Waals surface area contributed by atoms with E-state index in [1.54, 1.807) is 12.1 Å². The number of thiazole rings is 1. The van der Waals surface area contributed by atoms with Crippen molar-refractivity contribution < 1.29 is 17.9 Å². The summed E-state index contributed by atoms with van der Waals surface area (Å²) in [6.45, 7) is 0. The van der Waals surface area contributed by atoms with Crippen LogP contribution in [0, 0.1) is 0 Å². The minimum Gasteiger partial charge on any atom is -0.406 e. The summed E-state index contributed by atoms with van der Waals surface area (Å²) in [5.41, 5.74) is 7.72. The smallest absolute Gasteiger partial charge is 0.406 e. The Balaban J connectivity index is 1.73. The minimum absolute atomic E-state index is 0.211. The largest absolute Gasteiger partial charge is 0.573 e. The Hall–Kier alpha value is -1.76. The van der Waals surface area contributed by atoms with Crippen LogP contribution in [0.4, 0.5) is 18.3 Å². The standard InChI is InChI=1S/C14H13F3N2OS/c15-14(16,17)20-10-5-1-8(2-6-10)7-11-12(9-3-4-9)19-13(18)21-11/h1-2,5-6,9H,3-4,7H2,(H2,18,19). The van der Waals surface area contributed by atoms with Crippen molar-refractivity contribution in [3.63, 3.8) is 0 Å². The summed E-state index contributed by atoms with van der Waals surface area (Å²) >= 11 is 1.45. The van der Waals surface area contributed by atoms with Gasteiger partial charge in [0.1, 0.15) is 5.75 Å². The van der Waals surface area contributed by atoms with E-state index in [4.69, 9.17) is 5.73 Å². The topological polar surface area (TPSA) is 48.1 Å². The van der Waals surface area contributed by atoms with Crippen molar-refractivity contribution in [2.75, 3.05) is 5.73 Å². The van der Waals surface area contributed by atoms with Gasteiger partial charge in [-0.25, -0.2) is 4.98 Å². The molecule has 2 N–H and O–H groups in total. The number of rotatable bonds is 4. The molecule has 0 aliphatic heterocycles. The monoisotopic (exact) mass is 314 g/mol. The molecule has 1 saturated carbocycles. The number of nitrogen functional groups attached to an aromatic ring is 1. The zero-order valence-corrected chi connectivity index (χ0v) is 11.8. The van der Waals surface area contributed by atoms with E-state index >= 15 is 0 Å².